The number of nitrogens with two attached hydrogens (primary N) is 1. The predicted octanol–water partition coefficient (Wildman–Crippen LogP) is 2.90. The number of nitro groups is 1. The average molecular weight is 293 g/mol. The summed E-state index contributed by atoms with van der Waals surface area (Å²) in [7, 11) is 0. The van der Waals surface area contributed by atoms with Crippen LogP contribution in [-0.4, -0.2) is 16.5 Å². The summed E-state index contributed by atoms with van der Waals surface area (Å²) in [5.41, 5.74) is 2.33. The van der Waals surface area contributed by atoms with Crippen LogP contribution in [0.1, 0.15) is 39.0 Å². The van der Waals surface area contributed by atoms with E-state index in [9.17, 15) is 10.1 Å². The van der Waals surface area contributed by atoms with Gasteiger partial charge in [-0.3, -0.25) is 10.1 Å². The van der Waals surface area contributed by atoms with Crippen LogP contribution < -0.4 is 16.6 Å². The van der Waals surface area contributed by atoms with Gasteiger partial charge in [0.15, 0.2) is 0 Å². The summed E-state index contributed by atoms with van der Waals surface area (Å²) < 4.78 is 0. The fraction of sp³-hybridized carbons (Fsp3) is 0.643. The molecule has 1 saturated carbocycles. The number of hydrazine groups is 1. The molecule has 1 aliphatic carbocycles. The maximum Gasteiger partial charge on any atom is 0.276 e. The molecule has 0 amide bonds. The Morgan fingerprint density at radius 2 is 2.19 bits per heavy atom. The van der Waals surface area contributed by atoms with Crippen molar-refractivity contribution in [1.82, 2.24) is 4.98 Å². The van der Waals surface area contributed by atoms with Gasteiger partial charge in [-0.1, -0.05) is 26.2 Å². The lowest BCUT2D eigenvalue weighted by molar-refractivity contribution is -0.384. The summed E-state index contributed by atoms with van der Waals surface area (Å²) in [6.07, 6.45) is 6.27. The van der Waals surface area contributed by atoms with Gasteiger partial charge >= 0.3 is 0 Å². The van der Waals surface area contributed by atoms with E-state index in [1.165, 1.54) is 37.8 Å². The minimum Gasteiger partial charge on any atom is -0.370 e. The van der Waals surface area contributed by atoms with Crippen molar-refractivity contribution in [2.75, 3.05) is 17.3 Å². The summed E-state index contributed by atoms with van der Waals surface area (Å²) in [6.45, 7) is 3.08. The van der Waals surface area contributed by atoms with Gasteiger partial charge in [0.05, 0.1) is 17.1 Å². The number of anilines is 2. The molecule has 0 aromatic carbocycles. The Morgan fingerprint density at radius 3 is 2.86 bits per heavy atom. The smallest absolute Gasteiger partial charge is 0.276 e. The van der Waals surface area contributed by atoms with E-state index in [4.69, 9.17) is 5.84 Å². The molecule has 1 heterocycles. The number of nitrogen functional groups attached to an aromatic ring is 1. The third-order valence-electron chi connectivity index (χ3n) is 4.07. The first-order valence-electron chi connectivity index (χ1n) is 7.45. The van der Waals surface area contributed by atoms with Crippen LogP contribution >= 0.6 is 0 Å². The second kappa shape index (κ2) is 7.21. The highest BCUT2D eigenvalue weighted by Gasteiger charge is 2.18. The monoisotopic (exact) mass is 293 g/mol. The quantitative estimate of drug-likeness (QED) is 0.423. The number of pyridine rings is 1. The SMILES string of the molecule is CC1CCCC(CCNc2cc([N+](=O)[O-])cc(NN)n2)C1. The van der Waals surface area contributed by atoms with Crippen molar-refractivity contribution >= 4 is 17.3 Å². The summed E-state index contributed by atoms with van der Waals surface area (Å²) in [5.74, 6) is 7.62. The number of nitrogens with one attached hydrogen (secondary N) is 2. The minimum atomic E-state index is -0.448. The lowest BCUT2D eigenvalue weighted by Crippen LogP contribution is -2.17. The van der Waals surface area contributed by atoms with Crippen LogP contribution in [0.25, 0.3) is 0 Å². The number of aromatic nitrogens is 1. The van der Waals surface area contributed by atoms with Gasteiger partial charge < -0.3 is 10.7 Å². The number of hydrogen-bond acceptors (Lipinski definition) is 6. The third-order valence-corrected chi connectivity index (χ3v) is 4.07. The Morgan fingerprint density at radius 1 is 1.43 bits per heavy atom. The second-order valence-electron chi connectivity index (χ2n) is 5.85. The molecule has 1 aromatic rings. The van der Waals surface area contributed by atoms with Crippen LogP contribution in [0, 0.1) is 22.0 Å². The summed E-state index contributed by atoms with van der Waals surface area (Å²) in [5, 5.41) is 14.0. The van der Waals surface area contributed by atoms with E-state index < -0.39 is 4.92 Å². The van der Waals surface area contributed by atoms with Gasteiger partial charge in [0.1, 0.15) is 11.6 Å². The zero-order valence-electron chi connectivity index (χ0n) is 12.3. The summed E-state index contributed by atoms with van der Waals surface area (Å²) >= 11 is 0. The molecule has 7 nitrogen and oxygen atoms in total. The van der Waals surface area contributed by atoms with Gasteiger partial charge in [-0.25, -0.2) is 10.8 Å². The molecule has 0 radical (unpaired) electrons. The predicted molar refractivity (Wildman–Crippen MR) is 82.9 cm³/mol. The average Bonchev–Trinajstić information content (AvgIpc) is 2.47. The van der Waals surface area contributed by atoms with Crippen LogP contribution in [0.2, 0.25) is 0 Å². The van der Waals surface area contributed by atoms with E-state index in [2.05, 4.69) is 22.7 Å². The molecule has 21 heavy (non-hydrogen) atoms. The number of hydrogen-bond donors (Lipinski definition) is 3. The molecular formula is C14H23N5O2. The van der Waals surface area contributed by atoms with E-state index in [-0.39, 0.29) is 11.5 Å². The van der Waals surface area contributed by atoms with Gasteiger partial charge in [0, 0.05) is 6.54 Å². The summed E-state index contributed by atoms with van der Waals surface area (Å²) in [6, 6.07) is 2.75. The zero-order chi connectivity index (χ0) is 15.2. The van der Waals surface area contributed by atoms with E-state index in [1.807, 2.05) is 0 Å². The van der Waals surface area contributed by atoms with Crippen LogP contribution in [-0.2, 0) is 0 Å². The van der Waals surface area contributed by atoms with Crippen molar-refractivity contribution in [1.29, 1.82) is 0 Å². The van der Waals surface area contributed by atoms with E-state index in [0.717, 1.165) is 24.8 Å². The van der Waals surface area contributed by atoms with Crippen molar-refractivity contribution in [2.24, 2.45) is 17.7 Å². The normalized spacial score (nSPS) is 21.8. The van der Waals surface area contributed by atoms with Gasteiger partial charge in [-0.15, -0.1) is 0 Å². The Kier molecular flexibility index (Phi) is 5.32. The largest absolute Gasteiger partial charge is 0.370 e. The van der Waals surface area contributed by atoms with Crippen molar-refractivity contribution in [3.63, 3.8) is 0 Å². The highest BCUT2D eigenvalue weighted by atomic mass is 16.6. The third kappa shape index (κ3) is 4.56. The lowest BCUT2D eigenvalue weighted by Gasteiger charge is -2.26. The molecule has 1 fully saturated rings. The first-order valence-corrected chi connectivity index (χ1v) is 7.45. The molecule has 1 aromatic heterocycles. The maximum atomic E-state index is 10.9. The van der Waals surface area contributed by atoms with E-state index >= 15 is 0 Å². The topological polar surface area (TPSA) is 106 Å². The summed E-state index contributed by atoms with van der Waals surface area (Å²) in [4.78, 5) is 14.6. The molecule has 2 atom stereocenters. The van der Waals surface area contributed by atoms with Crippen molar-refractivity contribution < 1.29 is 4.92 Å². The fourth-order valence-electron chi connectivity index (χ4n) is 3.01. The standard InChI is InChI=1S/C14H23N5O2/c1-10-3-2-4-11(7-10)5-6-16-13-8-12(19(20)21)9-14(17-13)18-15/h8-11H,2-7,15H2,1H3,(H2,16,17,18). The maximum absolute atomic E-state index is 10.9. The first kappa shape index (κ1) is 15.5. The van der Waals surface area contributed by atoms with Crippen molar-refractivity contribution in [3.8, 4) is 0 Å². The Bertz CT molecular complexity index is 494. The van der Waals surface area contributed by atoms with Crippen molar-refractivity contribution in [2.45, 2.75) is 39.0 Å². The molecule has 7 heteroatoms. The zero-order valence-corrected chi connectivity index (χ0v) is 12.3. The van der Waals surface area contributed by atoms with Crippen LogP contribution in [0.15, 0.2) is 12.1 Å². The van der Waals surface area contributed by atoms with Gasteiger partial charge in [0.2, 0.25) is 0 Å². The molecule has 0 bridgehead atoms. The van der Waals surface area contributed by atoms with Crippen LogP contribution in [0.3, 0.4) is 0 Å². The molecular weight excluding hydrogens is 270 g/mol. The highest BCUT2D eigenvalue weighted by molar-refractivity contribution is 5.54. The number of nitrogens with zero attached hydrogens (tertiary/aromatic N) is 2. The van der Waals surface area contributed by atoms with Gasteiger partial charge in [-0.05, 0) is 24.7 Å². The van der Waals surface area contributed by atoms with E-state index in [1.54, 1.807) is 0 Å². The molecule has 0 aliphatic heterocycles. The minimum absolute atomic E-state index is 0.0215. The lowest BCUT2D eigenvalue weighted by atomic mass is 9.81. The van der Waals surface area contributed by atoms with Gasteiger partial charge in [-0.2, -0.15) is 0 Å². The molecule has 0 spiro atoms. The Labute approximate surface area is 124 Å². The first-order chi connectivity index (χ1) is 10.1. The molecule has 4 N–H and O–H groups in total. The van der Waals surface area contributed by atoms with Crippen LogP contribution in [0.4, 0.5) is 17.3 Å². The number of rotatable bonds is 6. The molecule has 2 rings (SSSR count). The molecule has 1 aliphatic rings. The Balaban J connectivity index is 1.90. The fourth-order valence-corrected chi connectivity index (χ4v) is 3.01. The Hall–Kier alpha value is -1.89. The molecule has 116 valence electrons. The van der Waals surface area contributed by atoms with Gasteiger partial charge in [0.25, 0.3) is 5.69 Å². The van der Waals surface area contributed by atoms with E-state index in [0.29, 0.717) is 5.82 Å². The van der Waals surface area contributed by atoms with Crippen molar-refractivity contribution in [3.05, 3.63) is 22.2 Å². The molecule has 0 saturated heterocycles. The molecule has 2 unspecified atom stereocenters. The second-order valence-corrected chi connectivity index (χ2v) is 5.85. The van der Waals surface area contributed by atoms with Crippen LogP contribution in [0.5, 0.6) is 0 Å². The highest BCUT2D eigenvalue weighted by Crippen LogP contribution is 2.30.